The van der Waals surface area contributed by atoms with Crippen LogP contribution in [-0.2, 0) is 11.8 Å². The predicted octanol–water partition coefficient (Wildman–Crippen LogP) is 5.35. The Morgan fingerprint density at radius 1 is 1.07 bits per heavy atom. The molecule has 156 valence electrons. The third kappa shape index (κ3) is 4.08. The zero-order chi connectivity index (χ0) is 20.8. The largest absolute Gasteiger partial charge is 0.416 e. The Kier molecular flexibility index (Phi) is 5.24. The number of likely N-dealkylation sites (tertiary alicyclic amines) is 1. The molecule has 2 aromatic rings. The van der Waals surface area contributed by atoms with Crippen molar-refractivity contribution in [2.45, 2.75) is 44.4 Å². The van der Waals surface area contributed by atoms with E-state index in [0.717, 1.165) is 55.2 Å². The summed E-state index contributed by atoms with van der Waals surface area (Å²) in [6, 6.07) is 13.7. The highest BCUT2D eigenvalue weighted by atomic mass is 19.4. The summed E-state index contributed by atoms with van der Waals surface area (Å²) in [5, 5.41) is 11.3. The number of rotatable bonds is 4. The minimum atomic E-state index is -4.31. The van der Waals surface area contributed by atoms with Gasteiger partial charge in [-0.05, 0) is 60.3 Å². The molecule has 1 saturated heterocycles. The molecule has 2 unspecified atom stereocenters. The number of halogens is 3. The summed E-state index contributed by atoms with van der Waals surface area (Å²) in [5.41, 5.74) is 1.57. The Labute approximate surface area is 170 Å². The van der Waals surface area contributed by atoms with Crippen LogP contribution in [0.1, 0.15) is 47.9 Å². The van der Waals surface area contributed by atoms with E-state index in [-0.39, 0.29) is 5.92 Å². The van der Waals surface area contributed by atoms with Gasteiger partial charge in [-0.3, -0.25) is 0 Å². The van der Waals surface area contributed by atoms with E-state index in [2.05, 4.69) is 4.90 Å². The Morgan fingerprint density at radius 2 is 1.72 bits per heavy atom. The van der Waals surface area contributed by atoms with Crippen molar-refractivity contribution in [2.75, 3.05) is 19.6 Å². The predicted molar refractivity (Wildman–Crippen MR) is 108 cm³/mol. The molecule has 0 radical (unpaired) electrons. The van der Waals surface area contributed by atoms with Crippen LogP contribution in [0.15, 0.2) is 48.5 Å². The van der Waals surface area contributed by atoms with E-state index in [1.54, 1.807) is 6.07 Å². The molecule has 0 aromatic heterocycles. The number of hydrogen-bond acceptors (Lipinski definition) is 2. The smallest absolute Gasteiger partial charge is 0.385 e. The molecule has 0 bridgehead atoms. The van der Waals surface area contributed by atoms with Crippen LogP contribution in [0.2, 0.25) is 0 Å². The Morgan fingerprint density at radius 3 is 2.34 bits per heavy atom. The highest BCUT2D eigenvalue weighted by molar-refractivity contribution is 5.33. The van der Waals surface area contributed by atoms with Crippen molar-refractivity contribution in [3.63, 3.8) is 0 Å². The molecule has 4 rings (SSSR count). The van der Waals surface area contributed by atoms with Gasteiger partial charge in [0.2, 0.25) is 0 Å². The van der Waals surface area contributed by atoms with Crippen molar-refractivity contribution in [3.8, 4) is 0 Å². The molecule has 0 amide bonds. The molecular weight excluding hydrogens is 375 g/mol. The fourth-order valence-electron chi connectivity index (χ4n) is 5.43. The number of aliphatic hydroxyl groups is 1. The number of hydrogen-bond donors (Lipinski definition) is 1. The van der Waals surface area contributed by atoms with Crippen LogP contribution in [-0.4, -0.2) is 29.6 Å². The lowest BCUT2D eigenvalue weighted by atomic mass is 9.87. The highest BCUT2D eigenvalue weighted by Gasteiger charge is 2.49. The zero-order valence-corrected chi connectivity index (χ0v) is 16.9. The number of fused-ring (bicyclic) bond motifs is 1. The van der Waals surface area contributed by atoms with Gasteiger partial charge in [0, 0.05) is 19.6 Å². The second kappa shape index (κ2) is 7.44. The molecule has 2 fully saturated rings. The van der Waals surface area contributed by atoms with Crippen molar-refractivity contribution in [3.05, 3.63) is 70.8 Å². The average molecular weight is 403 g/mol. The Hall–Kier alpha value is -1.85. The van der Waals surface area contributed by atoms with Gasteiger partial charge in [0.25, 0.3) is 0 Å². The molecule has 1 heterocycles. The minimum Gasteiger partial charge on any atom is -0.385 e. The van der Waals surface area contributed by atoms with E-state index >= 15 is 0 Å². The van der Waals surface area contributed by atoms with Crippen LogP contribution in [0.25, 0.3) is 0 Å². The topological polar surface area (TPSA) is 23.5 Å². The fourth-order valence-corrected chi connectivity index (χ4v) is 5.43. The number of benzene rings is 2. The fraction of sp³-hybridized carbons (Fsp3) is 0.500. The maximum atomic E-state index is 13.0. The van der Waals surface area contributed by atoms with Crippen molar-refractivity contribution in [1.29, 1.82) is 0 Å². The van der Waals surface area contributed by atoms with Crippen molar-refractivity contribution in [1.82, 2.24) is 4.90 Å². The second-order valence-corrected chi connectivity index (χ2v) is 9.02. The van der Waals surface area contributed by atoms with Gasteiger partial charge in [0.15, 0.2) is 0 Å². The van der Waals surface area contributed by atoms with Crippen LogP contribution < -0.4 is 0 Å². The maximum Gasteiger partial charge on any atom is 0.416 e. The Balaban J connectivity index is 1.40. The molecule has 5 heteroatoms. The summed E-state index contributed by atoms with van der Waals surface area (Å²) < 4.78 is 39.0. The summed E-state index contributed by atoms with van der Waals surface area (Å²) >= 11 is 0. The van der Waals surface area contributed by atoms with Crippen LogP contribution in [0.3, 0.4) is 0 Å². The summed E-state index contributed by atoms with van der Waals surface area (Å²) in [4.78, 5) is 2.36. The highest BCUT2D eigenvalue weighted by Crippen LogP contribution is 2.49. The normalized spacial score (nSPS) is 28.5. The van der Waals surface area contributed by atoms with Gasteiger partial charge < -0.3 is 10.0 Å². The van der Waals surface area contributed by atoms with Crippen LogP contribution in [0, 0.1) is 18.8 Å². The molecule has 2 nitrogen and oxygen atoms in total. The summed E-state index contributed by atoms with van der Waals surface area (Å²) in [6.07, 6.45) is -2.78. The van der Waals surface area contributed by atoms with E-state index in [1.807, 2.05) is 38.1 Å². The van der Waals surface area contributed by atoms with E-state index in [0.29, 0.717) is 11.8 Å². The minimum absolute atomic E-state index is 0.0337. The molecule has 2 aromatic carbocycles. The lowest BCUT2D eigenvalue weighted by molar-refractivity contribution is -0.137. The van der Waals surface area contributed by atoms with Gasteiger partial charge in [-0.1, -0.05) is 49.4 Å². The first-order chi connectivity index (χ1) is 13.7. The molecular formula is C24H28F3NO. The third-order valence-corrected chi connectivity index (χ3v) is 6.81. The molecule has 0 spiro atoms. The van der Waals surface area contributed by atoms with Crippen LogP contribution in [0.5, 0.6) is 0 Å². The quantitative estimate of drug-likeness (QED) is 0.744. The first kappa shape index (κ1) is 20.4. The summed E-state index contributed by atoms with van der Waals surface area (Å²) in [7, 11) is 0. The van der Waals surface area contributed by atoms with E-state index in [1.165, 1.54) is 12.1 Å². The molecule has 1 aliphatic heterocycles. The summed E-state index contributed by atoms with van der Waals surface area (Å²) in [6.45, 7) is 6.60. The first-order valence-corrected chi connectivity index (χ1v) is 10.3. The molecule has 29 heavy (non-hydrogen) atoms. The molecule has 4 atom stereocenters. The number of alkyl halides is 3. The van der Waals surface area contributed by atoms with Gasteiger partial charge in [-0.25, -0.2) is 0 Å². The van der Waals surface area contributed by atoms with Crippen molar-refractivity contribution >= 4 is 0 Å². The SMILES string of the molecule is Cc1ccccc1C1(O)C[C@H]2CN(CC(C)c3cccc(C(F)(F)F)c3)C[C@H]2C1. The van der Waals surface area contributed by atoms with Gasteiger partial charge in [-0.15, -0.1) is 0 Å². The standard InChI is InChI=1S/C24H28F3NO/c1-16-6-3-4-9-22(16)23(29)11-19-14-28(15-20(19)12-23)13-17(2)18-7-5-8-21(10-18)24(25,26)27/h3-10,17,19-20,29H,11-15H2,1-2H3/t17?,19-,20+,23?. The lowest BCUT2D eigenvalue weighted by Crippen LogP contribution is -2.30. The number of nitrogens with zero attached hydrogens (tertiary/aromatic N) is 1. The molecule has 1 N–H and O–H groups in total. The van der Waals surface area contributed by atoms with Gasteiger partial charge in [-0.2, -0.15) is 13.2 Å². The van der Waals surface area contributed by atoms with E-state index < -0.39 is 17.3 Å². The Bertz CT molecular complexity index is 864. The van der Waals surface area contributed by atoms with Crippen LogP contribution >= 0.6 is 0 Å². The van der Waals surface area contributed by atoms with Crippen molar-refractivity contribution in [2.24, 2.45) is 11.8 Å². The third-order valence-electron chi connectivity index (χ3n) is 6.81. The van der Waals surface area contributed by atoms with Crippen molar-refractivity contribution < 1.29 is 18.3 Å². The maximum absolute atomic E-state index is 13.0. The molecule has 1 saturated carbocycles. The molecule has 1 aliphatic carbocycles. The van der Waals surface area contributed by atoms with Gasteiger partial charge >= 0.3 is 6.18 Å². The zero-order valence-electron chi connectivity index (χ0n) is 16.9. The number of aryl methyl sites for hydroxylation is 1. The van der Waals surface area contributed by atoms with E-state index in [4.69, 9.17) is 0 Å². The van der Waals surface area contributed by atoms with Gasteiger partial charge in [0.1, 0.15) is 0 Å². The monoisotopic (exact) mass is 403 g/mol. The average Bonchev–Trinajstić information content (AvgIpc) is 3.16. The van der Waals surface area contributed by atoms with Gasteiger partial charge in [0.05, 0.1) is 11.2 Å². The molecule has 2 aliphatic rings. The van der Waals surface area contributed by atoms with Crippen LogP contribution in [0.4, 0.5) is 13.2 Å². The second-order valence-electron chi connectivity index (χ2n) is 9.02. The first-order valence-electron chi connectivity index (χ1n) is 10.3. The van der Waals surface area contributed by atoms with E-state index in [9.17, 15) is 18.3 Å². The lowest BCUT2D eigenvalue weighted by Gasteiger charge is -2.28. The summed E-state index contributed by atoms with van der Waals surface area (Å²) in [5.74, 6) is 0.910.